The Bertz CT molecular complexity index is 641. The second-order valence-corrected chi connectivity index (χ2v) is 6.79. The third kappa shape index (κ3) is 7.83. The SMILES string of the molecule is CCN(CC(=O)NCCC1=CCCCC1)CC(=O)Nc1ccc(OC)cc1. The summed E-state index contributed by atoms with van der Waals surface area (Å²) >= 11 is 0. The molecule has 2 rings (SSSR count). The molecule has 0 saturated carbocycles. The lowest BCUT2D eigenvalue weighted by atomic mass is 9.97. The van der Waals surface area contributed by atoms with Crippen molar-refractivity contribution in [2.45, 2.75) is 39.0 Å². The van der Waals surface area contributed by atoms with Crippen molar-refractivity contribution >= 4 is 17.5 Å². The fourth-order valence-corrected chi connectivity index (χ4v) is 3.11. The summed E-state index contributed by atoms with van der Waals surface area (Å²) in [6.45, 7) is 3.66. The second kappa shape index (κ2) is 11.4. The van der Waals surface area contributed by atoms with Crippen molar-refractivity contribution in [1.29, 1.82) is 0 Å². The summed E-state index contributed by atoms with van der Waals surface area (Å²) in [5, 5.41) is 5.81. The van der Waals surface area contributed by atoms with Gasteiger partial charge in [0.25, 0.3) is 0 Å². The molecule has 2 amide bonds. The fourth-order valence-electron chi connectivity index (χ4n) is 3.11. The molecule has 1 aliphatic carbocycles. The number of carbonyl (C=O) groups is 2. The van der Waals surface area contributed by atoms with Crippen LogP contribution in [0.25, 0.3) is 0 Å². The minimum Gasteiger partial charge on any atom is -0.497 e. The number of nitrogens with one attached hydrogen (secondary N) is 2. The number of nitrogens with zero attached hydrogens (tertiary/aromatic N) is 1. The van der Waals surface area contributed by atoms with Crippen molar-refractivity contribution in [2.24, 2.45) is 0 Å². The van der Waals surface area contributed by atoms with Gasteiger partial charge in [-0.1, -0.05) is 18.6 Å². The number of amides is 2. The van der Waals surface area contributed by atoms with Gasteiger partial charge in [0.2, 0.25) is 11.8 Å². The van der Waals surface area contributed by atoms with Gasteiger partial charge in [-0.25, -0.2) is 0 Å². The van der Waals surface area contributed by atoms with Crippen molar-refractivity contribution in [3.05, 3.63) is 35.9 Å². The number of hydrogen-bond donors (Lipinski definition) is 2. The van der Waals surface area contributed by atoms with E-state index in [4.69, 9.17) is 4.74 Å². The Morgan fingerprint density at radius 2 is 1.85 bits per heavy atom. The van der Waals surface area contributed by atoms with Crippen molar-refractivity contribution in [3.8, 4) is 5.75 Å². The van der Waals surface area contributed by atoms with Crippen LogP contribution in [-0.4, -0.2) is 50.0 Å². The van der Waals surface area contributed by atoms with E-state index in [-0.39, 0.29) is 24.9 Å². The van der Waals surface area contributed by atoms with E-state index in [2.05, 4.69) is 16.7 Å². The molecular formula is C21H31N3O3. The summed E-state index contributed by atoms with van der Waals surface area (Å²) in [6.07, 6.45) is 8.08. The summed E-state index contributed by atoms with van der Waals surface area (Å²) in [6, 6.07) is 7.17. The van der Waals surface area contributed by atoms with E-state index >= 15 is 0 Å². The minimum atomic E-state index is -0.137. The first kappa shape index (κ1) is 21.0. The number of ether oxygens (including phenoxy) is 1. The van der Waals surface area contributed by atoms with Gasteiger partial charge in [0.15, 0.2) is 0 Å². The van der Waals surface area contributed by atoms with Gasteiger partial charge in [0, 0.05) is 12.2 Å². The van der Waals surface area contributed by atoms with E-state index < -0.39 is 0 Å². The first-order valence-corrected chi connectivity index (χ1v) is 9.71. The first-order valence-electron chi connectivity index (χ1n) is 9.71. The second-order valence-electron chi connectivity index (χ2n) is 6.79. The third-order valence-corrected chi connectivity index (χ3v) is 4.71. The standard InChI is InChI=1S/C21H31N3O3/c1-3-24(15-20(25)22-14-13-17-7-5-4-6-8-17)16-21(26)23-18-9-11-19(27-2)12-10-18/h7,9-12H,3-6,8,13-16H2,1-2H3,(H,22,25)(H,23,26). The van der Waals surface area contributed by atoms with Crippen LogP contribution in [0.4, 0.5) is 5.69 Å². The lowest BCUT2D eigenvalue weighted by Gasteiger charge is -2.19. The molecule has 0 aliphatic heterocycles. The van der Waals surface area contributed by atoms with E-state index in [9.17, 15) is 9.59 Å². The van der Waals surface area contributed by atoms with Crippen LogP contribution in [0.3, 0.4) is 0 Å². The Kier molecular flexibility index (Phi) is 8.84. The third-order valence-electron chi connectivity index (χ3n) is 4.71. The molecule has 6 heteroatoms. The van der Waals surface area contributed by atoms with E-state index in [1.807, 2.05) is 11.8 Å². The summed E-state index contributed by atoms with van der Waals surface area (Å²) in [7, 11) is 1.60. The van der Waals surface area contributed by atoms with E-state index in [1.165, 1.54) is 18.4 Å². The molecule has 1 aromatic rings. The smallest absolute Gasteiger partial charge is 0.238 e. The number of rotatable bonds is 10. The number of methoxy groups -OCH3 is 1. The average molecular weight is 373 g/mol. The quantitative estimate of drug-likeness (QED) is 0.619. The number of allylic oxidation sites excluding steroid dienone is 1. The van der Waals surface area contributed by atoms with Gasteiger partial charge < -0.3 is 15.4 Å². The van der Waals surface area contributed by atoms with Crippen LogP contribution in [0.5, 0.6) is 5.75 Å². The summed E-state index contributed by atoms with van der Waals surface area (Å²) in [4.78, 5) is 26.2. The maximum absolute atomic E-state index is 12.2. The highest BCUT2D eigenvalue weighted by Gasteiger charge is 2.13. The van der Waals surface area contributed by atoms with Crippen molar-refractivity contribution < 1.29 is 14.3 Å². The van der Waals surface area contributed by atoms with Crippen LogP contribution < -0.4 is 15.4 Å². The monoisotopic (exact) mass is 373 g/mol. The van der Waals surface area contributed by atoms with Crippen LogP contribution in [0, 0.1) is 0 Å². The molecule has 0 radical (unpaired) electrons. The molecule has 0 heterocycles. The summed E-state index contributed by atoms with van der Waals surface area (Å²) in [5.74, 6) is 0.566. The Hall–Kier alpha value is -2.34. The van der Waals surface area contributed by atoms with Crippen molar-refractivity contribution in [3.63, 3.8) is 0 Å². The molecule has 0 saturated heterocycles. The van der Waals surface area contributed by atoms with Crippen LogP contribution >= 0.6 is 0 Å². The van der Waals surface area contributed by atoms with Crippen molar-refractivity contribution in [2.75, 3.05) is 38.6 Å². The molecule has 0 spiro atoms. The Balaban J connectivity index is 1.70. The predicted octanol–water partition coefficient (Wildman–Crippen LogP) is 2.96. The van der Waals surface area contributed by atoms with Gasteiger partial charge in [0.05, 0.1) is 20.2 Å². The predicted molar refractivity (Wildman–Crippen MR) is 108 cm³/mol. The van der Waals surface area contributed by atoms with Gasteiger partial charge in [-0.15, -0.1) is 0 Å². The zero-order valence-electron chi connectivity index (χ0n) is 16.4. The van der Waals surface area contributed by atoms with Crippen LogP contribution in [0.1, 0.15) is 39.0 Å². The van der Waals surface area contributed by atoms with Crippen LogP contribution in [0.15, 0.2) is 35.9 Å². The summed E-state index contributed by atoms with van der Waals surface area (Å²) < 4.78 is 5.10. The molecular weight excluding hydrogens is 342 g/mol. The minimum absolute atomic E-state index is 0.0366. The number of hydrogen-bond acceptors (Lipinski definition) is 4. The Morgan fingerprint density at radius 3 is 2.48 bits per heavy atom. The van der Waals surface area contributed by atoms with Crippen molar-refractivity contribution in [1.82, 2.24) is 10.2 Å². The first-order chi connectivity index (χ1) is 13.1. The highest BCUT2D eigenvalue weighted by molar-refractivity contribution is 5.92. The molecule has 1 aromatic carbocycles. The molecule has 6 nitrogen and oxygen atoms in total. The number of carbonyl (C=O) groups excluding carboxylic acids is 2. The van der Waals surface area contributed by atoms with Gasteiger partial charge in [-0.3, -0.25) is 14.5 Å². The highest BCUT2D eigenvalue weighted by atomic mass is 16.5. The van der Waals surface area contributed by atoms with E-state index in [0.717, 1.165) is 25.0 Å². The molecule has 0 aromatic heterocycles. The van der Waals surface area contributed by atoms with Gasteiger partial charge in [-0.2, -0.15) is 0 Å². The summed E-state index contributed by atoms with van der Waals surface area (Å²) in [5.41, 5.74) is 2.16. The fraction of sp³-hybridized carbons (Fsp3) is 0.524. The number of likely N-dealkylation sites (N-methyl/N-ethyl adjacent to an activating group) is 1. The molecule has 0 bridgehead atoms. The van der Waals surface area contributed by atoms with Crippen LogP contribution in [-0.2, 0) is 9.59 Å². The molecule has 1 aliphatic rings. The lowest BCUT2D eigenvalue weighted by molar-refractivity contribution is -0.123. The number of benzene rings is 1. The average Bonchev–Trinajstić information content (AvgIpc) is 2.68. The molecule has 0 atom stereocenters. The molecule has 27 heavy (non-hydrogen) atoms. The van der Waals surface area contributed by atoms with E-state index in [0.29, 0.717) is 18.8 Å². The maximum Gasteiger partial charge on any atom is 0.238 e. The zero-order chi connectivity index (χ0) is 19.5. The number of anilines is 1. The Labute approximate surface area is 162 Å². The highest BCUT2D eigenvalue weighted by Crippen LogP contribution is 2.19. The lowest BCUT2D eigenvalue weighted by Crippen LogP contribution is -2.41. The topological polar surface area (TPSA) is 70.7 Å². The van der Waals surface area contributed by atoms with Crippen LogP contribution in [0.2, 0.25) is 0 Å². The normalized spacial score (nSPS) is 13.8. The Morgan fingerprint density at radius 1 is 1.11 bits per heavy atom. The van der Waals surface area contributed by atoms with E-state index in [1.54, 1.807) is 31.4 Å². The molecule has 0 unspecified atom stereocenters. The molecule has 0 fully saturated rings. The molecule has 2 N–H and O–H groups in total. The van der Waals surface area contributed by atoms with Gasteiger partial charge in [0.1, 0.15) is 5.75 Å². The largest absolute Gasteiger partial charge is 0.497 e. The van der Waals surface area contributed by atoms with Gasteiger partial charge >= 0.3 is 0 Å². The molecule has 148 valence electrons. The maximum atomic E-state index is 12.2. The van der Waals surface area contributed by atoms with Gasteiger partial charge in [-0.05, 0) is 62.9 Å². The zero-order valence-corrected chi connectivity index (χ0v) is 16.4.